The summed E-state index contributed by atoms with van der Waals surface area (Å²) >= 11 is 0. The van der Waals surface area contributed by atoms with Crippen LogP contribution in [-0.4, -0.2) is 24.4 Å². The van der Waals surface area contributed by atoms with Crippen molar-refractivity contribution < 1.29 is 0 Å². The second-order valence-corrected chi connectivity index (χ2v) is 6.57. The van der Waals surface area contributed by atoms with Crippen molar-refractivity contribution in [2.24, 2.45) is 7.05 Å². The van der Waals surface area contributed by atoms with Crippen LogP contribution in [0.1, 0.15) is 22.5 Å². The highest BCUT2D eigenvalue weighted by molar-refractivity contribution is 5.68. The van der Waals surface area contributed by atoms with E-state index in [-0.39, 0.29) is 0 Å². The minimum atomic E-state index is 0.685. The molecule has 1 aromatic carbocycles. The number of hydrogen-bond acceptors (Lipinski definition) is 4. The van der Waals surface area contributed by atoms with Crippen molar-refractivity contribution in [3.63, 3.8) is 0 Å². The Hall–Kier alpha value is -3.15. The topological polar surface area (TPSA) is 60.0 Å². The maximum atomic E-state index is 4.85. The molecule has 132 valence electrons. The SMILES string of the molecule is Cc1nn2c(NCc3cnn(C)c3C)cc(-c3ccccc3)nc2c1C. The molecule has 6 nitrogen and oxygen atoms in total. The van der Waals surface area contributed by atoms with Crippen LogP contribution >= 0.6 is 0 Å². The number of fused-ring (bicyclic) bond motifs is 1. The molecule has 1 N–H and O–H groups in total. The second-order valence-electron chi connectivity index (χ2n) is 6.57. The Kier molecular flexibility index (Phi) is 3.95. The summed E-state index contributed by atoms with van der Waals surface area (Å²) < 4.78 is 3.78. The molecule has 4 aromatic rings. The van der Waals surface area contributed by atoms with Gasteiger partial charge >= 0.3 is 0 Å². The predicted octanol–water partition coefficient (Wildman–Crippen LogP) is 3.67. The van der Waals surface area contributed by atoms with Gasteiger partial charge in [-0.15, -0.1) is 0 Å². The molecular weight excluding hydrogens is 324 g/mol. The van der Waals surface area contributed by atoms with Crippen LogP contribution in [0.15, 0.2) is 42.6 Å². The Morgan fingerprint density at radius 2 is 1.85 bits per heavy atom. The van der Waals surface area contributed by atoms with Crippen molar-refractivity contribution in [3.05, 3.63) is 65.1 Å². The quantitative estimate of drug-likeness (QED) is 0.612. The summed E-state index contributed by atoms with van der Waals surface area (Å²) in [5.74, 6) is 0.924. The summed E-state index contributed by atoms with van der Waals surface area (Å²) in [6.07, 6.45) is 1.90. The molecule has 6 heteroatoms. The average Bonchev–Trinajstić information content (AvgIpc) is 3.13. The molecule has 0 bridgehead atoms. The monoisotopic (exact) mass is 346 g/mol. The maximum absolute atomic E-state index is 4.85. The van der Waals surface area contributed by atoms with Crippen LogP contribution in [0.5, 0.6) is 0 Å². The smallest absolute Gasteiger partial charge is 0.161 e. The highest BCUT2D eigenvalue weighted by Crippen LogP contribution is 2.25. The highest BCUT2D eigenvalue weighted by Gasteiger charge is 2.14. The van der Waals surface area contributed by atoms with Crippen molar-refractivity contribution in [1.82, 2.24) is 24.4 Å². The number of anilines is 1. The average molecular weight is 346 g/mol. The van der Waals surface area contributed by atoms with Crippen LogP contribution in [0.4, 0.5) is 5.82 Å². The first-order valence-corrected chi connectivity index (χ1v) is 8.68. The zero-order valence-corrected chi connectivity index (χ0v) is 15.5. The van der Waals surface area contributed by atoms with Gasteiger partial charge in [0.25, 0.3) is 0 Å². The fourth-order valence-corrected chi connectivity index (χ4v) is 3.02. The molecule has 3 heterocycles. The number of nitrogens with one attached hydrogen (secondary N) is 1. The summed E-state index contributed by atoms with van der Waals surface area (Å²) in [5, 5.41) is 12.5. The molecule has 3 aromatic heterocycles. The van der Waals surface area contributed by atoms with Gasteiger partial charge in [-0.2, -0.15) is 14.7 Å². The van der Waals surface area contributed by atoms with Crippen molar-refractivity contribution in [1.29, 1.82) is 0 Å². The molecule has 0 amide bonds. The Morgan fingerprint density at radius 3 is 2.54 bits per heavy atom. The van der Waals surface area contributed by atoms with E-state index in [0.717, 1.165) is 39.7 Å². The lowest BCUT2D eigenvalue weighted by Crippen LogP contribution is -2.07. The van der Waals surface area contributed by atoms with E-state index in [4.69, 9.17) is 4.98 Å². The normalized spacial score (nSPS) is 11.2. The third-order valence-corrected chi connectivity index (χ3v) is 4.92. The van der Waals surface area contributed by atoms with Crippen molar-refractivity contribution in [2.75, 3.05) is 5.32 Å². The highest BCUT2D eigenvalue weighted by atomic mass is 15.3. The molecule has 0 aliphatic carbocycles. The molecule has 0 unspecified atom stereocenters. The Morgan fingerprint density at radius 1 is 1.08 bits per heavy atom. The lowest BCUT2D eigenvalue weighted by molar-refractivity contribution is 0.738. The third-order valence-electron chi connectivity index (χ3n) is 4.92. The molecule has 0 fully saturated rings. The number of rotatable bonds is 4. The van der Waals surface area contributed by atoms with Gasteiger partial charge in [-0.05, 0) is 20.8 Å². The molecule has 0 aliphatic heterocycles. The Balaban J connectivity index is 1.79. The van der Waals surface area contributed by atoms with Gasteiger partial charge in [0.2, 0.25) is 0 Å². The predicted molar refractivity (Wildman–Crippen MR) is 103 cm³/mol. The van der Waals surface area contributed by atoms with Gasteiger partial charge in [-0.3, -0.25) is 4.68 Å². The lowest BCUT2D eigenvalue weighted by atomic mass is 10.1. The Labute approximate surface area is 152 Å². The third kappa shape index (κ3) is 2.73. The summed E-state index contributed by atoms with van der Waals surface area (Å²) in [4.78, 5) is 4.85. The number of aryl methyl sites for hydroxylation is 3. The van der Waals surface area contributed by atoms with Crippen LogP contribution in [0.2, 0.25) is 0 Å². The van der Waals surface area contributed by atoms with E-state index in [1.807, 2.05) is 47.6 Å². The van der Waals surface area contributed by atoms with E-state index in [2.05, 4.69) is 47.6 Å². The van der Waals surface area contributed by atoms with Crippen molar-refractivity contribution in [2.45, 2.75) is 27.3 Å². The van der Waals surface area contributed by atoms with Crippen LogP contribution in [0.25, 0.3) is 16.9 Å². The number of nitrogens with zero attached hydrogens (tertiary/aromatic N) is 5. The van der Waals surface area contributed by atoms with E-state index >= 15 is 0 Å². The summed E-state index contributed by atoms with van der Waals surface area (Å²) in [6, 6.07) is 12.3. The first-order chi connectivity index (χ1) is 12.5. The summed E-state index contributed by atoms with van der Waals surface area (Å²) in [6.45, 7) is 6.84. The van der Waals surface area contributed by atoms with Gasteiger partial charge in [-0.25, -0.2) is 4.98 Å². The molecule has 4 rings (SSSR count). The van der Waals surface area contributed by atoms with Crippen LogP contribution in [0, 0.1) is 20.8 Å². The number of aromatic nitrogens is 5. The second kappa shape index (κ2) is 6.29. The minimum Gasteiger partial charge on any atom is -0.366 e. The molecule has 0 saturated carbocycles. The van der Waals surface area contributed by atoms with E-state index in [0.29, 0.717) is 6.54 Å². The molecule has 0 atom stereocenters. The minimum absolute atomic E-state index is 0.685. The van der Waals surface area contributed by atoms with Crippen molar-refractivity contribution in [3.8, 4) is 11.3 Å². The van der Waals surface area contributed by atoms with Crippen LogP contribution < -0.4 is 5.32 Å². The van der Waals surface area contributed by atoms with Gasteiger partial charge in [0.05, 0.1) is 17.6 Å². The van der Waals surface area contributed by atoms with Crippen LogP contribution in [-0.2, 0) is 13.6 Å². The van der Waals surface area contributed by atoms with Crippen LogP contribution in [0.3, 0.4) is 0 Å². The fraction of sp³-hybridized carbons (Fsp3) is 0.250. The van der Waals surface area contributed by atoms with Gasteiger partial charge in [0.1, 0.15) is 5.82 Å². The fourth-order valence-electron chi connectivity index (χ4n) is 3.02. The molecule has 0 spiro atoms. The Bertz CT molecular complexity index is 1070. The molecule has 0 saturated heterocycles. The van der Waals surface area contributed by atoms with E-state index in [1.54, 1.807) is 0 Å². The molecule has 0 radical (unpaired) electrons. The van der Waals surface area contributed by atoms with Gasteiger partial charge in [0.15, 0.2) is 5.65 Å². The zero-order chi connectivity index (χ0) is 18.3. The van der Waals surface area contributed by atoms with Gasteiger partial charge in [0, 0.05) is 42.0 Å². The summed E-state index contributed by atoms with van der Waals surface area (Å²) in [7, 11) is 1.96. The number of benzene rings is 1. The van der Waals surface area contributed by atoms with E-state index < -0.39 is 0 Å². The van der Waals surface area contributed by atoms with E-state index in [1.165, 1.54) is 5.56 Å². The number of hydrogen-bond donors (Lipinski definition) is 1. The molecule has 26 heavy (non-hydrogen) atoms. The van der Waals surface area contributed by atoms with Gasteiger partial charge in [-0.1, -0.05) is 30.3 Å². The first kappa shape index (κ1) is 16.3. The molecule has 0 aliphatic rings. The van der Waals surface area contributed by atoms with E-state index in [9.17, 15) is 0 Å². The largest absolute Gasteiger partial charge is 0.366 e. The van der Waals surface area contributed by atoms with Gasteiger partial charge < -0.3 is 5.32 Å². The molecular formula is C20H22N6. The first-order valence-electron chi connectivity index (χ1n) is 8.68. The summed E-state index contributed by atoms with van der Waals surface area (Å²) in [5.41, 5.74) is 7.32. The lowest BCUT2D eigenvalue weighted by Gasteiger charge is -2.11. The maximum Gasteiger partial charge on any atom is 0.161 e. The zero-order valence-electron chi connectivity index (χ0n) is 15.5. The standard InChI is InChI=1S/C20H22N6/c1-13-14(2)24-26-19(21-11-17-12-22-25(4)15(17)3)10-18(23-20(13)26)16-8-6-5-7-9-16/h5-10,12,21H,11H2,1-4H3. The van der Waals surface area contributed by atoms with Crippen molar-refractivity contribution >= 4 is 11.5 Å².